The molecule has 0 bridgehead atoms. The molecule has 0 saturated heterocycles. The van der Waals surface area contributed by atoms with Crippen LogP contribution in [0.4, 0.5) is 13.2 Å². The Hall–Kier alpha value is -2.50. The summed E-state index contributed by atoms with van der Waals surface area (Å²) in [6.07, 6.45) is 12.9. The van der Waals surface area contributed by atoms with Crippen LogP contribution < -0.4 is 4.74 Å². The molecule has 40 heavy (non-hydrogen) atoms. The van der Waals surface area contributed by atoms with Crippen LogP contribution in [-0.2, 0) is 4.74 Å². The molecule has 4 rings (SSSR count). The highest BCUT2D eigenvalue weighted by Gasteiger charge is 2.29. The fraction of sp³-hybridized carbons (Fsp3) is 0.618. The van der Waals surface area contributed by atoms with Gasteiger partial charge in [0.05, 0.1) is 12.2 Å². The van der Waals surface area contributed by atoms with Gasteiger partial charge in [0.25, 0.3) is 0 Å². The number of unbranched alkanes of at least 4 members (excludes halogenated alkanes) is 5. The van der Waals surface area contributed by atoms with Gasteiger partial charge < -0.3 is 9.47 Å². The van der Waals surface area contributed by atoms with E-state index in [0.717, 1.165) is 56.9 Å². The maximum atomic E-state index is 14.9. The van der Waals surface area contributed by atoms with Crippen LogP contribution in [0.5, 0.6) is 5.75 Å². The van der Waals surface area contributed by atoms with E-state index in [1.807, 2.05) is 6.07 Å². The lowest BCUT2D eigenvalue weighted by Gasteiger charge is -2.29. The van der Waals surface area contributed by atoms with Gasteiger partial charge in [-0.2, -0.15) is 0 Å². The molecule has 2 aromatic carbocycles. The Kier molecular flexibility index (Phi) is 11.4. The smallest absolute Gasteiger partial charge is 0.341 e. The summed E-state index contributed by atoms with van der Waals surface area (Å²) >= 11 is 0. The molecule has 220 valence electrons. The Morgan fingerprint density at radius 3 is 2.17 bits per heavy atom. The molecule has 0 heterocycles. The predicted octanol–water partition coefficient (Wildman–Crippen LogP) is 10.0. The second-order valence-electron chi connectivity index (χ2n) is 12.0. The van der Waals surface area contributed by atoms with Crippen molar-refractivity contribution in [3.63, 3.8) is 0 Å². The largest absolute Gasteiger partial charge is 0.491 e. The fourth-order valence-corrected chi connectivity index (χ4v) is 6.29. The number of rotatable bonds is 12. The van der Waals surface area contributed by atoms with E-state index in [4.69, 9.17) is 9.47 Å². The number of hydrogen-bond donors (Lipinski definition) is 0. The van der Waals surface area contributed by atoms with E-state index in [9.17, 15) is 18.0 Å². The third-order valence-electron chi connectivity index (χ3n) is 8.92. The van der Waals surface area contributed by atoms with Gasteiger partial charge in [0.15, 0.2) is 23.2 Å². The molecule has 0 radical (unpaired) electrons. The first-order valence-electron chi connectivity index (χ1n) is 15.5. The summed E-state index contributed by atoms with van der Waals surface area (Å²) in [5, 5.41) is 0. The molecule has 0 unspecified atom stereocenters. The van der Waals surface area contributed by atoms with Crippen LogP contribution in [0.2, 0.25) is 0 Å². The normalized spacial score (nSPS) is 23.1. The zero-order valence-electron chi connectivity index (χ0n) is 24.2. The van der Waals surface area contributed by atoms with Crippen molar-refractivity contribution in [2.24, 2.45) is 5.92 Å². The lowest BCUT2D eigenvalue weighted by atomic mass is 9.79. The Balaban J connectivity index is 1.24. The highest BCUT2D eigenvalue weighted by molar-refractivity contribution is 5.90. The monoisotopic (exact) mass is 558 g/mol. The minimum atomic E-state index is -1.11. The van der Waals surface area contributed by atoms with Gasteiger partial charge >= 0.3 is 5.97 Å². The van der Waals surface area contributed by atoms with Crippen LogP contribution in [0, 0.1) is 23.4 Å². The van der Waals surface area contributed by atoms with Crippen molar-refractivity contribution in [1.82, 2.24) is 0 Å². The Labute approximate surface area is 237 Å². The highest BCUT2D eigenvalue weighted by Crippen LogP contribution is 2.38. The van der Waals surface area contributed by atoms with Crippen molar-refractivity contribution in [1.29, 1.82) is 0 Å². The van der Waals surface area contributed by atoms with Crippen molar-refractivity contribution in [3.05, 3.63) is 64.5 Å². The number of carbonyl (C=O) groups excluding carboxylic acids is 1. The maximum Gasteiger partial charge on any atom is 0.341 e. The van der Waals surface area contributed by atoms with E-state index in [0.29, 0.717) is 36.7 Å². The molecule has 2 aromatic rings. The van der Waals surface area contributed by atoms with Crippen LogP contribution in [0.1, 0.15) is 137 Å². The quantitative estimate of drug-likeness (QED) is 0.192. The number of benzene rings is 2. The third kappa shape index (κ3) is 8.04. The Morgan fingerprint density at radius 1 is 0.800 bits per heavy atom. The number of esters is 1. The number of hydrogen-bond acceptors (Lipinski definition) is 3. The summed E-state index contributed by atoms with van der Waals surface area (Å²) in [7, 11) is 0. The number of ether oxygens (including phenoxy) is 2. The lowest BCUT2D eigenvalue weighted by Crippen LogP contribution is -2.25. The first-order chi connectivity index (χ1) is 19.4. The summed E-state index contributed by atoms with van der Waals surface area (Å²) in [6, 6.07) is 8.12. The first kappa shape index (κ1) is 30.5. The van der Waals surface area contributed by atoms with Crippen LogP contribution in [0.3, 0.4) is 0 Å². The van der Waals surface area contributed by atoms with E-state index >= 15 is 0 Å². The molecule has 2 aliphatic carbocycles. The first-order valence-corrected chi connectivity index (χ1v) is 15.5. The summed E-state index contributed by atoms with van der Waals surface area (Å²) in [6.45, 7) is 4.90. The van der Waals surface area contributed by atoms with Gasteiger partial charge in [-0.05, 0) is 92.0 Å². The molecular formula is C34H45F3O3. The summed E-state index contributed by atoms with van der Waals surface area (Å²) < 4.78 is 55.7. The highest BCUT2D eigenvalue weighted by atomic mass is 19.2. The second-order valence-corrected chi connectivity index (χ2v) is 12.0. The maximum absolute atomic E-state index is 14.9. The molecule has 0 spiro atoms. The molecule has 2 fully saturated rings. The predicted molar refractivity (Wildman–Crippen MR) is 152 cm³/mol. The Bertz CT molecular complexity index is 1100. The van der Waals surface area contributed by atoms with Crippen molar-refractivity contribution in [2.75, 3.05) is 6.61 Å². The molecule has 0 atom stereocenters. The minimum Gasteiger partial charge on any atom is -0.491 e. The van der Waals surface area contributed by atoms with Crippen molar-refractivity contribution in [2.45, 2.75) is 122 Å². The van der Waals surface area contributed by atoms with Gasteiger partial charge in [-0.1, -0.05) is 70.9 Å². The third-order valence-corrected chi connectivity index (χ3v) is 8.92. The summed E-state index contributed by atoms with van der Waals surface area (Å²) in [5.41, 5.74) is 0.939. The van der Waals surface area contributed by atoms with Crippen molar-refractivity contribution < 1.29 is 27.4 Å². The molecule has 0 amide bonds. The van der Waals surface area contributed by atoms with E-state index in [-0.39, 0.29) is 29.3 Å². The van der Waals surface area contributed by atoms with Gasteiger partial charge in [0.1, 0.15) is 6.10 Å². The average molecular weight is 559 g/mol. The van der Waals surface area contributed by atoms with Crippen LogP contribution in [-0.4, -0.2) is 18.7 Å². The second kappa shape index (κ2) is 14.9. The number of halogens is 3. The van der Waals surface area contributed by atoms with E-state index < -0.39 is 17.6 Å². The van der Waals surface area contributed by atoms with Gasteiger partial charge in [0.2, 0.25) is 0 Å². The summed E-state index contributed by atoms with van der Waals surface area (Å²) in [4.78, 5) is 12.7. The minimum absolute atomic E-state index is 0.00293. The van der Waals surface area contributed by atoms with Crippen molar-refractivity contribution >= 4 is 5.97 Å². The molecule has 6 heteroatoms. The molecule has 0 aromatic heterocycles. The topological polar surface area (TPSA) is 35.5 Å². The van der Waals surface area contributed by atoms with E-state index in [1.54, 1.807) is 18.2 Å². The van der Waals surface area contributed by atoms with Crippen molar-refractivity contribution in [3.8, 4) is 5.75 Å². The van der Waals surface area contributed by atoms with Gasteiger partial charge in [-0.25, -0.2) is 18.0 Å². The molecule has 0 N–H and O–H groups in total. The van der Waals surface area contributed by atoms with Gasteiger partial charge in [0, 0.05) is 0 Å². The molecule has 3 nitrogen and oxygen atoms in total. The molecule has 2 aliphatic rings. The zero-order chi connectivity index (χ0) is 28.5. The SMILES string of the molecule is CCCCCCCCOc1ccc(C2CCC(OC(=O)c3ccc(C4CCC(C)CC4)c(F)c3F)CC2)cc1F. The van der Waals surface area contributed by atoms with Crippen LogP contribution >= 0.6 is 0 Å². The number of carbonyl (C=O) groups is 1. The standard InChI is InChI=1S/C34H45F3O3/c1-3-4-5-6-7-8-21-39-31-20-15-26(22-30(31)35)24-13-16-27(17-14-24)40-34(38)29-19-18-28(32(36)33(29)37)25-11-9-23(2)10-12-25/h15,18-20,22-25,27H,3-14,16-17,21H2,1-2H3. The lowest BCUT2D eigenvalue weighted by molar-refractivity contribution is 0.0189. The Morgan fingerprint density at radius 2 is 1.48 bits per heavy atom. The fourth-order valence-electron chi connectivity index (χ4n) is 6.29. The van der Waals surface area contributed by atoms with E-state index in [1.165, 1.54) is 31.7 Å². The molecule has 2 saturated carbocycles. The average Bonchev–Trinajstić information content (AvgIpc) is 2.95. The van der Waals surface area contributed by atoms with Gasteiger partial charge in [-0.3, -0.25) is 0 Å². The van der Waals surface area contributed by atoms with Crippen LogP contribution in [0.15, 0.2) is 30.3 Å². The van der Waals surface area contributed by atoms with Gasteiger partial charge in [-0.15, -0.1) is 0 Å². The zero-order valence-corrected chi connectivity index (χ0v) is 24.2. The summed E-state index contributed by atoms with van der Waals surface area (Å²) in [5.74, 6) is -2.13. The van der Waals surface area contributed by atoms with E-state index in [2.05, 4.69) is 13.8 Å². The molecular weight excluding hydrogens is 513 g/mol. The molecule has 0 aliphatic heterocycles. The van der Waals surface area contributed by atoms with Crippen LogP contribution in [0.25, 0.3) is 0 Å².